The van der Waals surface area contributed by atoms with Crippen LogP contribution in [0.1, 0.15) is 26.3 Å². The summed E-state index contributed by atoms with van der Waals surface area (Å²) in [4.78, 5) is 23.4. The second-order valence-electron chi connectivity index (χ2n) is 6.34. The molecule has 0 spiro atoms. The van der Waals surface area contributed by atoms with E-state index in [1.165, 1.54) is 7.11 Å². The van der Waals surface area contributed by atoms with Gasteiger partial charge in [-0.15, -0.1) is 6.58 Å². The maximum atomic E-state index is 11.8. The highest BCUT2D eigenvalue weighted by molar-refractivity contribution is 5.85. The standard InChI is InChI=1S/C18H26N2O4/c1-6-7-13-8-9-14(15(10-13)23-5)24-12-17(22)19-11-16(21)20-18(2,3)4/h6,8-10H,1,7,11-12H2,2-5H3,(H,19,22)(H,20,21). The van der Waals surface area contributed by atoms with Gasteiger partial charge in [-0.25, -0.2) is 0 Å². The average molecular weight is 334 g/mol. The number of carbonyl (C=O) groups excluding carboxylic acids is 2. The summed E-state index contributed by atoms with van der Waals surface area (Å²) in [5.41, 5.74) is 0.705. The van der Waals surface area contributed by atoms with Crippen molar-refractivity contribution in [1.82, 2.24) is 10.6 Å². The van der Waals surface area contributed by atoms with E-state index in [-0.39, 0.29) is 30.5 Å². The molecule has 2 amide bonds. The molecular weight excluding hydrogens is 308 g/mol. The van der Waals surface area contributed by atoms with Gasteiger partial charge in [-0.3, -0.25) is 9.59 Å². The van der Waals surface area contributed by atoms with Crippen LogP contribution < -0.4 is 20.1 Å². The molecule has 132 valence electrons. The lowest BCUT2D eigenvalue weighted by molar-refractivity contribution is -0.127. The second-order valence-corrected chi connectivity index (χ2v) is 6.34. The third-order valence-electron chi connectivity index (χ3n) is 2.93. The number of nitrogens with one attached hydrogen (secondary N) is 2. The smallest absolute Gasteiger partial charge is 0.258 e. The van der Waals surface area contributed by atoms with E-state index in [1.807, 2.05) is 32.9 Å². The Morgan fingerprint density at radius 1 is 1.21 bits per heavy atom. The van der Waals surface area contributed by atoms with Crippen LogP contribution in [0.3, 0.4) is 0 Å². The van der Waals surface area contributed by atoms with Crippen molar-refractivity contribution in [2.24, 2.45) is 0 Å². The number of hydrogen-bond donors (Lipinski definition) is 2. The maximum absolute atomic E-state index is 11.8. The van der Waals surface area contributed by atoms with Gasteiger partial charge in [0.1, 0.15) is 0 Å². The van der Waals surface area contributed by atoms with Gasteiger partial charge in [-0.1, -0.05) is 12.1 Å². The number of rotatable bonds is 8. The first kappa shape index (κ1) is 19.5. The zero-order valence-electron chi connectivity index (χ0n) is 14.8. The molecule has 2 N–H and O–H groups in total. The van der Waals surface area contributed by atoms with Gasteiger partial charge < -0.3 is 20.1 Å². The van der Waals surface area contributed by atoms with E-state index in [1.54, 1.807) is 12.1 Å². The SMILES string of the molecule is C=CCc1ccc(OCC(=O)NCC(=O)NC(C)(C)C)c(OC)c1. The molecule has 0 fully saturated rings. The molecule has 1 rings (SSSR count). The summed E-state index contributed by atoms with van der Waals surface area (Å²) < 4.78 is 10.7. The highest BCUT2D eigenvalue weighted by Gasteiger charge is 2.14. The molecule has 0 aliphatic rings. The molecule has 0 bridgehead atoms. The topological polar surface area (TPSA) is 76.7 Å². The molecule has 6 heteroatoms. The molecule has 0 saturated heterocycles. The van der Waals surface area contributed by atoms with Crippen molar-refractivity contribution in [2.45, 2.75) is 32.7 Å². The Balaban J connectivity index is 2.49. The average Bonchev–Trinajstić information content (AvgIpc) is 2.50. The summed E-state index contributed by atoms with van der Waals surface area (Å²) in [5, 5.41) is 5.28. The number of benzene rings is 1. The fourth-order valence-corrected chi connectivity index (χ4v) is 1.96. The zero-order chi connectivity index (χ0) is 18.2. The summed E-state index contributed by atoms with van der Waals surface area (Å²) in [5.74, 6) is 0.394. The minimum Gasteiger partial charge on any atom is -0.493 e. The van der Waals surface area contributed by atoms with E-state index in [0.717, 1.165) is 12.0 Å². The van der Waals surface area contributed by atoms with Gasteiger partial charge in [0, 0.05) is 5.54 Å². The Morgan fingerprint density at radius 3 is 2.50 bits per heavy atom. The lowest BCUT2D eigenvalue weighted by atomic mass is 10.1. The molecule has 0 heterocycles. The number of methoxy groups -OCH3 is 1. The van der Waals surface area contributed by atoms with Gasteiger partial charge in [0.25, 0.3) is 5.91 Å². The van der Waals surface area contributed by atoms with E-state index in [9.17, 15) is 9.59 Å². The van der Waals surface area contributed by atoms with Gasteiger partial charge in [-0.2, -0.15) is 0 Å². The summed E-state index contributed by atoms with van der Waals surface area (Å²) in [6.45, 7) is 9.03. The van der Waals surface area contributed by atoms with E-state index in [4.69, 9.17) is 9.47 Å². The first-order valence-corrected chi connectivity index (χ1v) is 7.73. The molecule has 0 aromatic heterocycles. The van der Waals surface area contributed by atoms with Gasteiger partial charge in [0.2, 0.25) is 5.91 Å². The lowest BCUT2D eigenvalue weighted by Crippen LogP contribution is -2.46. The van der Waals surface area contributed by atoms with E-state index >= 15 is 0 Å². The van der Waals surface area contributed by atoms with Crippen molar-refractivity contribution in [3.63, 3.8) is 0 Å². The molecule has 0 radical (unpaired) electrons. The van der Waals surface area contributed by atoms with Crippen molar-refractivity contribution in [1.29, 1.82) is 0 Å². The molecule has 6 nitrogen and oxygen atoms in total. The van der Waals surface area contributed by atoms with Crippen LogP contribution in [0.2, 0.25) is 0 Å². The first-order chi connectivity index (χ1) is 11.2. The van der Waals surface area contributed by atoms with Crippen LogP contribution in [0.25, 0.3) is 0 Å². The third-order valence-corrected chi connectivity index (χ3v) is 2.93. The number of ether oxygens (including phenoxy) is 2. The molecule has 24 heavy (non-hydrogen) atoms. The van der Waals surface area contributed by atoms with Crippen molar-refractivity contribution >= 4 is 11.8 Å². The quantitative estimate of drug-likeness (QED) is 0.711. The lowest BCUT2D eigenvalue weighted by Gasteiger charge is -2.20. The number of amides is 2. The summed E-state index contributed by atoms with van der Waals surface area (Å²) in [6, 6.07) is 5.47. The van der Waals surface area contributed by atoms with Gasteiger partial charge in [-0.05, 0) is 44.9 Å². The molecule has 0 aliphatic heterocycles. The highest BCUT2D eigenvalue weighted by atomic mass is 16.5. The van der Waals surface area contributed by atoms with Crippen LogP contribution in [0.5, 0.6) is 11.5 Å². The number of carbonyl (C=O) groups is 2. The largest absolute Gasteiger partial charge is 0.493 e. The normalized spacial score (nSPS) is 10.7. The Hall–Kier alpha value is -2.50. The first-order valence-electron chi connectivity index (χ1n) is 7.73. The Morgan fingerprint density at radius 2 is 1.92 bits per heavy atom. The van der Waals surface area contributed by atoms with Crippen molar-refractivity contribution in [2.75, 3.05) is 20.3 Å². The zero-order valence-corrected chi connectivity index (χ0v) is 14.8. The molecule has 1 aromatic rings. The minimum absolute atomic E-state index is 0.0884. The third kappa shape index (κ3) is 7.17. The predicted molar refractivity (Wildman–Crippen MR) is 93.3 cm³/mol. The van der Waals surface area contributed by atoms with Crippen LogP contribution >= 0.6 is 0 Å². The molecule has 1 aromatic carbocycles. The number of hydrogen-bond acceptors (Lipinski definition) is 4. The van der Waals surface area contributed by atoms with Gasteiger partial charge >= 0.3 is 0 Å². The van der Waals surface area contributed by atoms with E-state index in [2.05, 4.69) is 17.2 Å². The van der Waals surface area contributed by atoms with Crippen LogP contribution in [-0.2, 0) is 16.0 Å². The molecule has 0 atom stereocenters. The van der Waals surface area contributed by atoms with Gasteiger partial charge in [0.15, 0.2) is 18.1 Å². The van der Waals surface area contributed by atoms with Crippen LogP contribution in [0.4, 0.5) is 0 Å². The fourth-order valence-electron chi connectivity index (χ4n) is 1.96. The Kier molecular flexibility index (Phi) is 7.30. The fraction of sp³-hybridized carbons (Fsp3) is 0.444. The van der Waals surface area contributed by atoms with Crippen molar-refractivity contribution in [3.05, 3.63) is 36.4 Å². The predicted octanol–water partition coefficient (Wildman–Crippen LogP) is 1.83. The highest BCUT2D eigenvalue weighted by Crippen LogP contribution is 2.28. The molecular formula is C18H26N2O4. The van der Waals surface area contributed by atoms with E-state index in [0.29, 0.717) is 11.5 Å². The monoisotopic (exact) mass is 334 g/mol. The van der Waals surface area contributed by atoms with Crippen LogP contribution in [-0.4, -0.2) is 37.6 Å². The Bertz CT molecular complexity index is 591. The maximum Gasteiger partial charge on any atom is 0.258 e. The van der Waals surface area contributed by atoms with Crippen molar-refractivity contribution in [3.8, 4) is 11.5 Å². The summed E-state index contributed by atoms with van der Waals surface area (Å²) in [6.07, 6.45) is 2.52. The second kappa shape index (κ2) is 8.96. The summed E-state index contributed by atoms with van der Waals surface area (Å²) >= 11 is 0. The minimum atomic E-state index is -0.378. The Labute approximate surface area is 143 Å². The molecule has 0 unspecified atom stereocenters. The van der Waals surface area contributed by atoms with Crippen LogP contribution in [0, 0.1) is 0 Å². The van der Waals surface area contributed by atoms with Crippen molar-refractivity contribution < 1.29 is 19.1 Å². The number of allylic oxidation sites excluding steroid dienone is 1. The molecule has 0 saturated carbocycles. The van der Waals surface area contributed by atoms with Gasteiger partial charge in [0.05, 0.1) is 13.7 Å². The molecule has 0 aliphatic carbocycles. The van der Waals surface area contributed by atoms with E-state index < -0.39 is 0 Å². The summed E-state index contributed by atoms with van der Waals surface area (Å²) in [7, 11) is 1.54. The van der Waals surface area contributed by atoms with Crippen LogP contribution in [0.15, 0.2) is 30.9 Å².